The largest absolute Gasteiger partial charge is 0.468 e. The van der Waals surface area contributed by atoms with E-state index in [0.717, 1.165) is 12.0 Å². The van der Waals surface area contributed by atoms with Crippen molar-refractivity contribution in [3.8, 4) is 0 Å². The molecule has 1 atom stereocenters. The monoisotopic (exact) mass is 440 g/mol. The van der Waals surface area contributed by atoms with E-state index in [0.29, 0.717) is 12.1 Å². The zero-order valence-electron chi connectivity index (χ0n) is 16.4. The van der Waals surface area contributed by atoms with Gasteiger partial charge in [-0.2, -0.15) is 13.2 Å². The summed E-state index contributed by atoms with van der Waals surface area (Å²) in [5, 5.41) is 2.61. The number of likely N-dealkylation sites (N-methyl/N-ethyl adjacent to an activating group) is 1. The lowest BCUT2D eigenvalue weighted by atomic mass is 9.85. The van der Waals surface area contributed by atoms with Crippen molar-refractivity contribution in [2.75, 3.05) is 20.7 Å². The van der Waals surface area contributed by atoms with E-state index in [9.17, 15) is 35.9 Å². The van der Waals surface area contributed by atoms with Crippen LogP contribution < -0.4 is 5.32 Å². The Bertz CT molecular complexity index is 755. The Kier molecular flexibility index (Phi) is 7.73. The SMILES string of the molecule is COC(=O)[C@@H](c1cc(F)c(F)c(F)c1)N(C)CC(=O)NC1CCC(C(F)(F)F)CC1. The van der Waals surface area contributed by atoms with Gasteiger partial charge in [-0.15, -0.1) is 0 Å². The van der Waals surface area contributed by atoms with Crippen molar-refractivity contribution in [1.82, 2.24) is 10.2 Å². The molecule has 0 radical (unpaired) electrons. The molecule has 1 saturated carbocycles. The first-order chi connectivity index (χ1) is 13.9. The van der Waals surface area contributed by atoms with Crippen LogP contribution in [0.3, 0.4) is 0 Å². The minimum Gasteiger partial charge on any atom is -0.468 e. The number of carbonyl (C=O) groups excluding carboxylic acids is 2. The normalized spacial score (nSPS) is 20.7. The summed E-state index contributed by atoms with van der Waals surface area (Å²) in [7, 11) is 2.36. The average Bonchev–Trinajstić information content (AvgIpc) is 2.65. The molecule has 1 fully saturated rings. The van der Waals surface area contributed by atoms with Crippen LogP contribution in [0, 0.1) is 23.4 Å². The van der Waals surface area contributed by atoms with Crippen LogP contribution >= 0.6 is 0 Å². The van der Waals surface area contributed by atoms with Gasteiger partial charge in [0.05, 0.1) is 19.6 Å². The number of amides is 1. The molecule has 30 heavy (non-hydrogen) atoms. The quantitative estimate of drug-likeness (QED) is 0.418. The molecule has 0 aliphatic heterocycles. The average molecular weight is 440 g/mol. The van der Waals surface area contributed by atoms with E-state index in [1.165, 1.54) is 7.05 Å². The Morgan fingerprint density at radius 3 is 2.13 bits per heavy atom. The van der Waals surface area contributed by atoms with E-state index in [4.69, 9.17) is 0 Å². The van der Waals surface area contributed by atoms with E-state index in [2.05, 4.69) is 10.1 Å². The fourth-order valence-electron chi connectivity index (χ4n) is 3.57. The molecule has 0 unspecified atom stereocenters. The van der Waals surface area contributed by atoms with Crippen LogP contribution in [0.25, 0.3) is 0 Å². The maximum Gasteiger partial charge on any atom is 0.391 e. The van der Waals surface area contributed by atoms with Crippen molar-refractivity contribution < 1.29 is 40.7 Å². The van der Waals surface area contributed by atoms with Gasteiger partial charge >= 0.3 is 12.1 Å². The standard InChI is InChI=1S/C19H22F6N2O3/c1-27(9-15(28)26-12-5-3-11(4-6-12)19(23,24)25)17(18(29)30-2)10-7-13(20)16(22)14(21)8-10/h7-8,11-12,17H,3-6,9H2,1-2H3,(H,26,28)/t11?,12?,17-/m1/s1. The molecule has 0 spiro atoms. The van der Waals surface area contributed by atoms with Gasteiger partial charge in [-0.25, -0.2) is 18.0 Å². The van der Waals surface area contributed by atoms with Gasteiger partial charge in [-0.1, -0.05) is 0 Å². The highest BCUT2D eigenvalue weighted by molar-refractivity contribution is 5.81. The fourth-order valence-corrected chi connectivity index (χ4v) is 3.57. The third kappa shape index (κ3) is 5.87. The Morgan fingerprint density at radius 1 is 1.13 bits per heavy atom. The number of benzene rings is 1. The van der Waals surface area contributed by atoms with Crippen molar-refractivity contribution in [2.24, 2.45) is 5.92 Å². The summed E-state index contributed by atoms with van der Waals surface area (Å²) >= 11 is 0. The van der Waals surface area contributed by atoms with Crippen molar-refractivity contribution in [1.29, 1.82) is 0 Å². The third-order valence-electron chi connectivity index (χ3n) is 5.14. The molecule has 0 saturated heterocycles. The molecular formula is C19H22F6N2O3. The van der Waals surface area contributed by atoms with Crippen LogP contribution in [-0.2, 0) is 14.3 Å². The van der Waals surface area contributed by atoms with Gasteiger partial charge in [0.25, 0.3) is 0 Å². The zero-order valence-corrected chi connectivity index (χ0v) is 16.4. The van der Waals surface area contributed by atoms with Crippen molar-refractivity contribution in [3.63, 3.8) is 0 Å². The number of esters is 1. The number of hydrogen-bond acceptors (Lipinski definition) is 4. The summed E-state index contributed by atoms with van der Waals surface area (Å²) in [5.41, 5.74) is -0.251. The number of methoxy groups -OCH3 is 1. The fraction of sp³-hybridized carbons (Fsp3) is 0.579. The highest BCUT2D eigenvalue weighted by atomic mass is 19.4. The molecule has 1 amide bonds. The number of alkyl halides is 3. The topological polar surface area (TPSA) is 58.6 Å². The van der Waals surface area contributed by atoms with E-state index < -0.39 is 60.1 Å². The molecule has 2 rings (SSSR count). The molecule has 1 N–H and O–H groups in total. The Balaban J connectivity index is 2.03. The predicted molar refractivity (Wildman–Crippen MR) is 93.6 cm³/mol. The van der Waals surface area contributed by atoms with E-state index in [1.807, 2.05) is 0 Å². The molecule has 0 aromatic heterocycles. The van der Waals surface area contributed by atoms with Crippen molar-refractivity contribution in [3.05, 3.63) is 35.1 Å². The second-order valence-corrected chi connectivity index (χ2v) is 7.30. The Hall–Kier alpha value is -2.30. The second kappa shape index (κ2) is 9.67. The van der Waals surface area contributed by atoms with E-state index in [-0.39, 0.29) is 31.2 Å². The van der Waals surface area contributed by atoms with Crippen LogP contribution in [-0.4, -0.2) is 49.7 Å². The third-order valence-corrected chi connectivity index (χ3v) is 5.14. The van der Waals surface area contributed by atoms with Crippen LogP contribution in [0.15, 0.2) is 12.1 Å². The lowest BCUT2D eigenvalue weighted by Gasteiger charge is -2.31. The molecule has 1 aromatic rings. The van der Waals surface area contributed by atoms with Gasteiger partial charge in [0.15, 0.2) is 17.5 Å². The van der Waals surface area contributed by atoms with Crippen molar-refractivity contribution >= 4 is 11.9 Å². The molecule has 0 heterocycles. The number of nitrogens with zero attached hydrogens (tertiary/aromatic N) is 1. The maximum atomic E-state index is 13.6. The highest BCUT2D eigenvalue weighted by Gasteiger charge is 2.41. The minimum atomic E-state index is -4.26. The van der Waals surface area contributed by atoms with E-state index >= 15 is 0 Å². The number of halogens is 6. The Labute approximate surface area is 169 Å². The maximum absolute atomic E-state index is 13.6. The molecule has 1 aliphatic rings. The lowest BCUT2D eigenvalue weighted by Crippen LogP contribution is -2.45. The van der Waals surface area contributed by atoms with Gasteiger partial charge in [0.1, 0.15) is 6.04 Å². The van der Waals surface area contributed by atoms with Gasteiger partial charge < -0.3 is 10.1 Å². The van der Waals surface area contributed by atoms with Crippen molar-refractivity contribution in [2.45, 2.75) is 43.9 Å². The van der Waals surface area contributed by atoms with Gasteiger partial charge in [0.2, 0.25) is 5.91 Å². The Morgan fingerprint density at radius 2 is 1.67 bits per heavy atom. The molecule has 1 aromatic carbocycles. The predicted octanol–water partition coefficient (Wildman–Crippen LogP) is 3.49. The molecule has 11 heteroatoms. The van der Waals surface area contributed by atoms with Crippen LogP contribution in [0.4, 0.5) is 26.3 Å². The van der Waals surface area contributed by atoms with Gasteiger partial charge in [-0.3, -0.25) is 9.69 Å². The lowest BCUT2D eigenvalue weighted by molar-refractivity contribution is -0.182. The summed E-state index contributed by atoms with van der Waals surface area (Å²) < 4.78 is 83.2. The molecule has 0 bridgehead atoms. The number of ether oxygens (including phenoxy) is 1. The number of hydrogen-bond donors (Lipinski definition) is 1. The second-order valence-electron chi connectivity index (χ2n) is 7.30. The van der Waals surface area contributed by atoms with Crippen LogP contribution in [0.5, 0.6) is 0 Å². The molecular weight excluding hydrogens is 418 g/mol. The first-order valence-corrected chi connectivity index (χ1v) is 9.22. The number of rotatable bonds is 6. The highest BCUT2D eigenvalue weighted by Crippen LogP contribution is 2.37. The molecule has 168 valence electrons. The summed E-state index contributed by atoms with van der Waals surface area (Å²) in [6.07, 6.45) is -4.13. The number of carbonyl (C=O) groups is 2. The zero-order chi connectivity index (χ0) is 22.6. The van der Waals surface area contributed by atoms with Crippen LogP contribution in [0.1, 0.15) is 37.3 Å². The van der Waals surface area contributed by atoms with Gasteiger partial charge in [-0.05, 0) is 50.4 Å². The minimum absolute atomic E-state index is 0.0940. The summed E-state index contributed by atoms with van der Waals surface area (Å²) in [5.74, 6) is -7.60. The summed E-state index contributed by atoms with van der Waals surface area (Å²) in [6.45, 7) is -0.403. The van der Waals surface area contributed by atoms with Gasteiger partial charge in [0, 0.05) is 6.04 Å². The summed E-state index contributed by atoms with van der Waals surface area (Å²) in [4.78, 5) is 25.6. The van der Waals surface area contributed by atoms with Crippen LogP contribution in [0.2, 0.25) is 0 Å². The number of nitrogens with one attached hydrogen (secondary N) is 1. The van der Waals surface area contributed by atoms with E-state index in [1.54, 1.807) is 0 Å². The molecule has 5 nitrogen and oxygen atoms in total. The summed E-state index contributed by atoms with van der Waals surface area (Å²) in [6, 6.07) is -0.576. The first-order valence-electron chi connectivity index (χ1n) is 9.22. The molecule has 1 aliphatic carbocycles. The smallest absolute Gasteiger partial charge is 0.391 e. The first kappa shape index (κ1) is 24.0.